The maximum Gasteiger partial charge on any atom is 0.313 e. The molecule has 2 rings (SSSR count). The van der Waals surface area contributed by atoms with Crippen molar-refractivity contribution < 1.29 is 14.4 Å². The number of nitrogens with one attached hydrogen (secondary N) is 3. The van der Waals surface area contributed by atoms with Crippen LogP contribution >= 0.6 is 23.2 Å². The second kappa shape index (κ2) is 8.69. The van der Waals surface area contributed by atoms with Crippen LogP contribution in [0.25, 0.3) is 0 Å². The van der Waals surface area contributed by atoms with Gasteiger partial charge in [-0.1, -0.05) is 29.3 Å². The van der Waals surface area contributed by atoms with E-state index in [-0.39, 0.29) is 6.54 Å². The van der Waals surface area contributed by atoms with Crippen molar-refractivity contribution >= 4 is 52.3 Å². The van der Waals surface area contributed by atoms with E-state index in [4.69, 9.17) is 23.2 Å². The number of aryl methyl sites for hydroxylation is 2. The van der Waals surface area contributed by atoms with Crippen LogP contribution in [-0.4, -0.2) is 24.3 Å². The molecule has 0 aromatic heterocycles. The number of rotatable bonds is 4. The quantitative estimate of drug-likeness (QED) is 0.696. The Labute approximate surface area is 160 Å². The van der Waals surface area contributed by atoms with Gasteiger partial charge in [-0.3, -0.25) is 14.4 Å². The highest BCUT2D eigenvalue weighted by molar-refractivity contribution is 6.40. The number of hydrogen-bond acceptors (Lipinski definition) is 3. The van der Waals surface area contributed by atoms with E-state index in [2.05, 4.69) is 16.0 Å². The Hall–Kier alpha value is -2.57. The number of halogens is 2. The van der Waals surface area contributed by atoms with Gasteiger partial charge in [0.15, 0.2) is 0 Å². The first-order valence-corrected chi connectivity index (χ1v) is 8.42. The van der Waals surface area contributed by atoms with Gasteiger partial charge in [0.2, 0.25) is 5.91 Å². The van der Waals surface area contributed by atoms with E-state index >= 15 is 0 Å². The molecular weight excluding hydrogens is 377 g/mol. The van der Waals surface area contributed by atoms with E-state index < -0.39 is 17.7 Å². The highest BCUT2D eigenvalue weighted by atomic mass is 35.5. The predicted molar refractivity (Wildman–Crippen MR) is 103 cm³/mol. The normalized spacial score (nSPS) is 10.2. The van der Waals surface area contributed by atoms with Crippen LogP contribution in [0.4, 0.5) is 11.4 Å². The largest absolute Gasteiger partial charge is 0.339 e. The van der Waals surface area contributed by atoms with Crippen molar-refractivity contribution in [3.63, 3.8) is 0 Å². The fourth-order valence-electron chi connectivity index (χ4n) is 2.08. The van der Waals surface area contributed by atoms with Crippen molar-refractivity contribution in [1.82, 2.24) is 5.32 Å². The molecule has 8 heteroatoms. The average Bonchev–Trinajstić information content (AvgIpc) is 2.55. The SMILES string of the molecule is Cc1ccc(NC(=O)C(=O)NCC(=O)Nc2cc(Cl)cc(Cl)c2)cc1C. The molecule has 0 saturated carbocycles. The molecule has 26 heavy (non-hydrogen) atoms. The molecule has 0 bridgehead atoms. The van der Waals surface area contributed by atoms with Gasteiger partial charge in [0.05, 0.1) is 6.54 Å². The fourth-order valence-corrected chi connectivity index (χ4v) is 2.61. The van der Waals surface area contributed by atoms with Crippen LogP contribution in [0, 0.1) is 13.8 Å². The summed E-state index contributed by atoms with van der Waals surface area (Å²) in [6.45, 7) is 3.47. The van der Waals surface area contributed by atoms with Gasteiger partial charge in [-0.05, 0) is 55.3 Å². The topological polar surface area (TPSA) is 87.3 Å². The Morgan fingerprint density at radius 1 is 0.808 bits per heavy atom. The molecule has 0 unspecified atom stereocenters. The Kier molecular flexibility index (Phi) is 6.60. The summed E-state index contributed by atoms with van der Waals surface area (Å²) in [5.74, 6) is -2.29. The summed E-state index contributed by atoms with van der Waals surface area (Å²) in [6, 6.07) is 9.85. The number of anilines is 2. The lowest BCUT2D eigenvalue weighted by atomic mass is 10.1. The van der Waals surface area contributed by atoms with Crippen LogP contribution in [0.1, 0.15) is 11.1 Å². The smallest absolute Gasteiger partial charge is 0.313 e. The maximum absolute atomic E-state index is 11.9. The first-order valence-electron chi connectivity index (χ1n) is 7.67. The Balaban J connectivity index is 1.85. The van der Waals surface area contributed by atoms with Crippen molar-refractivity contribution in [1.29, 1.82) is 0 Å². The van der Waals surface area contributed by atoms with Crippen LogP contribution < -0.4 is 16.0 Å². The third-order valence-electron chi connectivity index (χ3n) is 3.53. The van der Waals surface area contributed by atoms with Gasteiger partial charge in [-0.25, -0.2) is 0 Å². The Morgan fingerprint density at radius 3 is 2.08 bits per heavy atom. The standard InChI is InChI=1S/C18H17Cl2N3O3/c1-10-3-4-14(5-11(10)2)23-18(26)17(25)21-9-16(24)22-15-7-12(19)6-13(20)8-15/h3-8H,9H2,1-2H3,(H,21,25)(H,22,24)(H,23,26). The van der Waals surface area contributed by atoms with Gasteiger partial charge in [0.25, 0.3) is 0 Å². The minimum Gasteiger partial charge on any atom is -0.339 e. The van der Waals surface area contributed by atoms with Crippen molar-refractivity contribution in [2.45, 2.75) is 13.8 Å². The highest BCUT2D eigenvalue weighted by Crippen LogP contribution is 2.22. The van der Waals surface area contributed by atoms with E-state index in [0.29, 0.717) is 21.4 Å². The minimum atomic E-state index is -0.914. The molecule has 0 saturated heterocycles. The lowest BCUT2D eigenvalue weighted by Crippen LogP contribution is -2.39. The van der Waals surface area contributed by atoms with Crippen LogP contribution in [0.15, 0.2) is 36.4 Å². The summed E-state index contributed by atoms with van der Waals surface area (Å²) >= 11 is 11.7. The van der Waals surface area contributed by atoms with Crippen LogP contribution in [0.2, 0.25) is 10.0 Å². The first kappa shape index (κ1) is 19.8. The van der Waals surface area contributed by atoms with Crippen molar-refractivity contribution in [2.75, 3.05) is 17.2 Å². The molecule has 0 fully saturated rings. The molecule has 0 aliphatic rings. The predicted octanol–water partition coefficient (Wildman–Crippen LogP) is 3.30. The zero-order valence-corrected chi connectivity index (χ0v) is 15.7. The molecule has 3 N–H and O–H groups in total. The van der Waals surface area contributed by atoms with Crippen LogP contribution in [0.3, 0.4) is 0 Å². The lowest BCUT2D eigenvalue weighted by Gasteiger charge is -2.09. The molecule has 2 aromatic carbocycles. The molecule has 6 nitrogen and oxygen atoms in total. The second-order valence-corrected chi connectivity index (χ2v) is 6.52. The second-order valence-electron chi connectivity index (χ2n) is 5.64. The molecule has 3 amide bonds. The Morgan fingerprint density at radius 2 is 1.46 bits per heavy atom. The fraction of sp³-hybridized carbons (Fsp3) is 0.167. The highest BCUT2D eigenvalue weighted by Gasteiger charge is 2.15. The third-order valence-corrected chi connectivity index (χ3v) is 3.96. The summed E-state index contributed by atoms with van der Waals surface area (Å²) in [5, 5.41) is 7.99. The van der Waals surface area contributed by atoms with E-state index in [1.165, 1.54) is 18.2 Å². The molecule has 0 heterocycles. The lowest BCUT2D eigenvalue weighted by molar-refractivity contribution is -0.136. The molecule has 0 spiro atoms. The molecule has 136 valence electrons. The van der Waals surface area contributed by atoms with E-state index in [1.807, 2.05) is 19.9 Å². The van der Waals surface area contributed by atoms with E-state index in [0.717, 1.165) is 11.1 Å². The van der Waals surface area contributed by atoms with Gasteiger partial charge in [-0.2, -0.15) is 0 Å². The number of benzene rings is 2. The molecular formula is C18H17Cl2N3O3. The monoisotopic (exact) mass is 393 g/mol. The first-order chi connectivity index (χ1) is 12.2. The molecule has 0 aliphatic carbocycles. The van der Waals surface area contributed by atoms with Gasteiger partial charge in [0.1, 0.15) is 0 Å². The molecule has 0 atom stereocenters. The number of carbonyl (C=O) groups excluding carboxylic acids is 3. The maximum atomic E-state index is 11.9. The summed E-state index contributed by atoms with van der Waals surface area (Å²) < 4.78 is 0. The molecule has 0 radical (unpaired) electrons. The van der Waals surface area contributed by atoms with Gasteiger partial charge >= 0.3 is 11.8 Å². The average molecular weight is 394 g/mol. The third kappa shape index (κ3) is 5.75. The van der Waals surface area contributed by atoms with Crippen LogP contribution in [-0.2, 0) is 14.4 Å². The van der Waals surface area contributed by atoms with Crippen LogP contribution in [0.5, 0.6) is 0 Å². The molecule has 2 aromatic rings. The number of carbonyl (C=O) groups is 3. The summed E-state index contributed by atoms with van der Waals surface area (Å²) in [6.07, 6.45) is 0. The number of amides is 3. The van der Waals surface area contributed by atoms with Gasteiger partial charge in [-0.15, -0.1) is 0 Å². The van der Waals surface area contributed by atoms with E-state index in [9.17, 15) is 14.4 Å². The van der Waals surface area contributed by atoms with Crippen molar-refractivity contribution in [2.24, 2.45) is 0 Å². The molecule has 0 aliphatic heterocycles. The van der Waals surface area contributed by atoms with Crippen molar-refractivity contribution in [3.8, 4) is 0 Å². The minimum absolute atomic E-state index is 0.365. The van der Waals surface area contributed by atoms with Gasteiger partial charge < -0.3 is 16.0 Å². The Bertz CT molecular complexity index is 849. The summed E-state index contributed by atoms with van der Waals surface area (Å²) in [5.41, 5.74) is 2.96. The zero-order chi connectivity index (χ0) is 19.3. The van der Waals surface area contributed by atoms with Gasteiger partial charge in [0, 0.05) is 21.4 Å². The van der Waals surface area contributed by atoms with Crippen molar-refractivity contribution in [3.05, 3.63) is 57.6 Å². The summed E-state index contributed by atoms with van der Waals surface area (Å²) in [7, 11) is 0. The van der Waals surface area contributed by atoms with E-state index in [1.54, 1.807) is 12.1 Å². The zero-order valence-electron chi connectivity index (χ0n) is 14.2. The summed E-state index contributed by atoms with van der Waals surface area (Å²) in [4.78, 5) is 35.6. The number of hydrogen-bond donors (Lipinski definition) is 3.